The Morgan fingerprint density at radius 3 is 2.33 bits per heavy atom. The number of carbonyl (C=O) groups is 2. The number of anilines is 1. The number of fused-ring (bicyclic) bond motifs is 1. The van der Waals surface area contributed by atoms with E-state index in [0.717, 1.165) is 4.57 Å². The van der Waals surface area contributed by atoms with Crippen LogP contribution in [0.1, 0.15) is 42.7 Å². The van der Waals surface area contributed by atoms with Gasteiger partial charge in [0.15, 0.2) is 0 Å². The van der Waals surface area contributed by atoms with E-state index in [1.165, 1.54) is 95.7 Å². The lowest BCUT2D eigenvalue weighted by Gasteiger charge is -2.21. The largest absolute Gasteiger partial charge is 0.461 e. The molecule has 0 unspecified atom stereocenters. The Bertz CT molecular complexity index is 2910. The number of hydrogen-bond donors (Lipinski definition) is 2. The van der Waals surface area contributed by atoms with Gasteiger partial charge in [-0.1, -0.05) is 32.1 Å². The number of nitrogens with zero attached hydrogens (tertiary/aromatic N) is 6. The van der Waals surface area contributed by atoms with E-state index in [1.807, 2.05) is 4.72 Å². The summed E-state index contributed by atoms with van der Waals surface area (Å²) in [6.45, 7) is 7.39. The molecule has 2 aromatic carbocycles. The lowest BCUT2D eigenvalue weighted by molar-refractivity contribution is -0.151. The van der Waals surface area contributed by atoms with Crippen molar-refractivity contribution >= 4 is 38.5 Å². The van der Waals surface area contributed by atoms with E-state index in [9.17, 15) is 32.4 Å². The number of amides is 1. The Kier molecular flexibility index (Phi) is 12.6. The fourth-order valence-electron chi connectivity index (χ4n) is 6.24. The zero-order valence-electron chi connectivity index (χ0n) is 32.5. The third kappa shape index (κ3) is 8.95. The number of halogens is 2. The number of benzene rings is 2. The predicted octanol–water partition coefficient (Wildman–Crippen LogP) is 4.04. The Morgan fingerprint density at radius 2 is 1.67 bits per heavy atom. The lowest BCUT2D eigenvalue weighted by Crippen LogP contribution is -2.45. The van der Waals surface area contributed by atoms with Gasteiger partial charge in [0.1, 0.15) is 23.8 Å². The van der Waals surface area contributed by atoms with Crippen LogP contribution in [-0.4, -0.2) is 61.1 Å². The number of hydrogen-bond acceptors (Lipinski definition) is 11. The topological polar surface area (TPSA) is 206 Å². The summed E-state index contributed by atoms with van der Waals surface area (Å²) in [5.74, 6) is -4.70. The van der Waals surface area contributed by atoms with Gasteiger partial charge in [0.05, 0.1) is 45.1 Å². The zero-order valence-corrected chi connectivity index (χ0v) is 33.3. The molecule has 60 heavy (non-hydrogen) atoms. The van der Waals surface area contributed by atoms with Crippen molar-refractivity contribution in [1.82, 2.24) is 34.0 Å². The smallest absolute Gasteiger partial charge is 0.347 e. The van der Waals surface area contributed by atoms with E-state index in [2.05, 4.69) is 26.8 Å². The summed E-state index contributed by atoms with van der Waals surface area (Å²) in [5, 5.41) is 2.62. The van der Waals surface area contributed by atoms with Gasteiger partial charge < -0.3 is 10.1 Å². The molecule has 19 heteroatoms. The van der Waals surface area contributed by atoms with Crippen LogP contribution in [0.25, 0.3) is 27.7 Å². The van der Waals surface area contributed by atoms with Crippen LogP contribution in [0, 0.1) is 11.6 Å². The predicted molar refractivity (Wildman–Crippen MR) is 217 cm³/mol. The molecule has 0 fully saturated rings. The summed E-state index contributed by atoms with van der Waals surface area (Å²) < 4.78 is 68.4. The SMILES string of the molecule is C=CCn1cc(-c2ccc(S(=O)(=O)Nc3cc(F)c(C(=O)N[C@@H](Cc4ccc(-n5c(=O)c6ccncc6n(C)c5=O)cn4)C(=O)OC(CC)CC)cc3F)cc2)cnc1=O. The maximum Gasteiger partial charge on any atom is 0.347 e. The van der Waals surface area contributed by atoms with Crippen LogP contribution in [0.5, 0.6) is 0 Å². The van der Waals surface area contributed by atoms with Crippen molar-refractivity contribution in [3.05, 3.63) is 152 Å². The van der Waals surface area contributed by atoms with Gasteiger partial charge >= 0.3 is 17.3 Å². The summed E-state index contributed by atoms with van der Waals surface area (Å²) >= 11 is 0. The monoisotopic (exact) mass is 840 g/mol. The number of esters is 1. The molecule has 0 aliphatic rings. The second kappa shape index (κ2) is 17.8. The molecule has 310 valence electrons. The van der Waals surface area contributed by atoms with Gasteiger partial charge in [-0.25, -0.2) is 41.1 Å². The summed E-state index contributed by atoms with van der Waals surface area (Å²) in [6.07, 6.45) is 8.52. The van der Waals surface area contributed by atoms with Gasteiger partial charge in [-0.3, -0.25) is 33.4 Å². The Balaban J connectivity index is 1.21. The maximum atomic E-state index is 15.5. The molecule has 16 nitrogen and oxygen atoms in total. The highest BCUT2D eigenvalue weighted by Crippen LogP contribution is 2.25. The molecule has 0 aliphatic carbocycles. The van der Waals surface area contributed by atoms with Gasteiger partial charge in [0, 0.05) is 55.9 Å². The van der Waals surface area contributed by atoms with Crippen LogP contribution in [0.4, 0.5) is 14.5 Å². The molecule has 0 spiro atoms. The number of rotatable bonds is 15. The van der Waals surface area contributed by atoms with Gasteiger partial charge in [-0.2, -0.15) is 0 Å². The van der Waals surface area contributed by atoms with E-state index in [4.69, 9.17) is 4.74 Å². The number of pyridine rings is 2. The number of allylic oxidation sites excluding steroid dienone is 1. The molecule has 6 rings (SSSR count). The minimum Gasteiger partial charge on any atom is -0.461 e. The van der Waals surface area contributed by atoms with Crippen molar-refractivity contribution < 1.29 is 31.5 Å². The van der Waals surface area contributed by atoms with Crippen molar-refractivity contribution in [3.63, 3.8) is 0 Å². The zero-order chi connectivity index (χ0) is 43.3. The Morgan fingerprint density at radius 1 is 0.933 bits per heavy atom. The van der Waals surface area contributed by atoms with E-state index in [-0.39, 0.29) is 34.6 Å². The molecule has 1 atom stereocenters. The van der Waals surface area contributed by atoms with Crippen molar-refractivity contribution in [2.75, 3.05) is 4.72 Å². The quantitative estimate of drug-likeness (QED) is 0.112. The molecular weight excluding hydrogens is 803 g/mol. The van der Waals surface area contributed by atoms with E-state index < -0.39 is 73.9 Å². The van der Waals surface area contributed by atoms with Gasteiger partial charge in [-0.05, 0) is 54.8 Å². The van der Waals surface area contributed by atoms with Crippen LogP contribution in [-0.2, 0) is 39.6 Å². The summed E-state index contributed by atoms with van der Waals surface area (Å²) in [5.41, 5.74) is -1.69. The number of aromatic nitrogens is 6. The fraction of sp³-hybridized carbons (Fsp3) is 0.220. The van der Waals surface area contributed by atoms with Gasteiger partial charge in [0.2, 0.25) is 0 Å². The van der Waals surface area contributed by atoms with E-state index in [1.54, 1.807) is 13.8 Å². The first-order valence-corrected chi connectivity index (χ1v) is 20.0. The average Bonchev–Trinajstić information content (AvgIpc) is 3.24. The standard InChI is InChI=1S/C41H38F2N8O8S/c1-5-16-50-23-25(20-46-40(50)55)24-8-12-29(13-9-24)60(57,58)48-34-19-32(42)31(18-33(34)43)37(52)47-35(39(54)59-28(6-2)7-3)17-26-10-11-27(21-45-26)51-38(53)30-14-15-44-22-36(30)49(4)41(51)56/h5,8-15,18-23,28,35,48H,1,6-7,16-17H2,2-4H3,(H,47,52)/t35-/m0/s1. The van der Waals surface area contributed by atoms with Crippen LogP contribution in [0.2, 0.25) is 0 Å². The summed E-state index contributed by atoms with van der Waals surface area (Å²) in [6, 6.07) is 9.19. The van der Waals surface area contributed by atoms with Gasteiger partial charge in [0.25, 0.3) is 21.5 Å². The molecule has 1 amide bonds. The second-order valence-electron chi connectivity index (χ2n) is 13.5. The van der Waals surface area contributed by atoms with Crippen LogP contribution >= 0.6 is 0 Å². The number of sulfonamides is 1. The van der Waals surface area contributed by atoms with E-state index >= 15 is 8.78 Å². The normalized spacial score (nSPS) is 12.0. The molecule has 0 radical (unpaired) electrons. The van der Waals surface area contributed by atoms with Crippen molar-refractivity contribution in [2.24, 2.45) is 7.05 Å². The molecule has 0 aliphatic heterocycles. The van der Waals surface area contributed by atoms with Crippen LogP contribution in [0.15, 0.2) is 118 Å². The van der Waals surface area contributed by atoms with Crippen LogP contribution in [0.3, 0.4) is 0 Å². The number of ether oxygens (including phenoxy) is 1. The number of nitrogens with one attached hydrogen (secondary N) is 2. The lowest BCUT2D eigenvalue weighted by atomic mass is 10.1. The average molecular weight is 841 g/mol. The number of carbonyl (C=O) groups excluding carboxylic acids is 2. The molecule has 2 N–H and O–H groups in total. The molecule has 4 aromatic heterocycles. The van der Waals surface area contributed by atoms with Crippen molar-refractivity contribution in [2.45, 2.75) is 56.7 Å². The second-order valence-corrected chi connectivity index (χ2v) is 15.2. The molecular formula is C41H38F2N8O8S. The fourth-order valence-corrected chi connectivity index (χ4v) is 7.29. The molecule has 0 saturated carbocycles. The minimum absolute atomic E-state index is 0.121. The highest BCUT2D eigenvalue weighted by atomic mass is 32.2. The highest BCUT2D eigenvalue weighted by molar-refractivity contribution is 7.92. The first kappa shape index (κ1) is 42.5. The first-order chi connectivity index (χ1) is 28.6. The van der Waals surface area contributed by atoms with Gasteiger partial charge in [-0.15, -0.1) is 6.58 Å². The number of aryl methyl sites for hydroxylation is 1. The van der Waals surface area contributed by atoms with Crippen LogP contribution < -0.4 is 27.0 Å². The third-order valence-corrected chi connectivity index (χ3v) is 10.9. The minimum atomic E-state index is -4.48. The van der Waals surface area contributed by atoms with Crippen molar-refractivity contribution in [3.8, 4) is 16.8 Å². The van der Waals surface area contributed by atoms with Crippen molar-refractivity contribution in [1.29, 1.82) is 0 Å². The van der Waals surface area contributed by atoms with E-state index in [0.29, 0.717) is 41.6 Å². The Labute approximate surface area is 340 Å². The summed E-state index contributed by atoms with van der Waals surface area (Å²) in [4.78, 5) is 77.0. The highest BCUT2D eigenvalue weighted by Gasteiger charge is 2.28. The molecule has 6 aromatic rings. The molecule has 0 bridgehead atoms. The summed E-state index contributed by atoms with van der Waals surface area (Å²) in [7, 11) is -2.99. The maximum absolute atomic E-state index is 15.5. The first-order valence-electron chi connectivity index (χ1n) is 18.5. The molecule has 4 heterocycles. The third-order valence-electron chi connectivity index (χ3n) is 9.56. The Hall–Kier alpha value is -7.15. The molecule has 0 saturated heterocycles.